The summed E-state index contributed by atoms with van der Waals surface area (Å²) in [6.45, 7) is 6.48. The lowest BCUT2D eigenvalue weighted by Crippen LogP contribution is -2.48. The molecule has 1 aliphatic heterocycles. The highest BCUT2D eigenvalue weighted by atomic mass is 16.5. The van der Waals surface area contributed by atoms with E-state index in [0.717, 1.165) is 45.5 Å². The number of hydrogen-bond acceptors (Lipinski definition) is 3. The Morgan fingerprint density at radius 3 is 2.54 bits per heavy atom. The first kappa shape index (κ1) is 11.0. The summed E-state index contributed by atoms with van der Waals surface area (Å²) in [7, 11) is 1.76. The second-order valence-electron chi connectivity index (χ2n) is 4.34. The van der Waals surface area contributed by atoms with Gasteiger partial charge in [-0.05, 0) is 39.3 Å². The molecule has 1 saturated heterocycles. The average molecular weight is 186 g/mol. The third-order valence-corrected chi connectivity index (χ3v) is 2.82. The van der Waals surface area contributed by atoms with Crippen molar-refractivity contribution in [1.82, 2.24) is 4.90 Å². The summed E-state index contributed by atoms with van der Waals surface area (Å²) < 4.78 is 5.02. The Morgan fingerprint density at radius 2 is 2.00 bits per heavy atom. The standard InChI is InChI=1S/C10H22N2O/c1-10(11)4-7-12(8-5-10)6-3-9-13-2/h3-9,11H2,1-2H3. The van der Waals surface area contributed by atoms with Crippen LogP contribution < -0.4 is 5.73 Å². The monoisotopic (exact) mass is 186 g/mol. The number of nitrogens with zero attached hydrogens (tertiary/aromatic N) is 1. The zero-order valence-corrected chi connectivity index (χ0v) is 8.88. The normalized spacial score (nSPS) is 23.3. The van der Waals surface area contributed by atoms with Gasteiger partial charge in [0.1, 0.15) is 0 Å². The van der Waals surface area contributed by atoms with Crippen LogP contribution in [0.4, 0.5) is 0 Å². The molecule has 0 amide bonds. The fourth-order valence-electron chi connectivity index (χ4n) is 1.72. The van der Waals surface area contributed by atoms with E-state index in [9.17, 15) is 0 Å². The molecular formula is C10H22N2O. The number of methoxy groups -OCH3 is 1. The summed E-state index contributed by atoms with van der Waals surface area (Å²) in [6, 6.07) is 0. The summed E-state index contributed by atoms with van der Waals surface area (Å²) in [5.74, 6) is 0. The molecule has 0 saturated carbocycles. The minimum atomic E-state index is 0.0811. The zero-order chi connectivity index (χ0) is 9.73. The Hall–Kier alpha value is -0.120. The van der Waals surface area contributed by atoms with Crippen molar-refractivity contribution in [1.29, 1.82) is 0 Å². The van der Waals surface area contributed by atoms with E-state index >= 15 is 0 Å². The number of rotatable bonds is 4. The molecule has 1 fully saturated rings. The molecule has 0 unspecified atom stereocenters. The molecule has 0 aromatic heterocycles. The van der Waals surface area contributed by atoms with Crippen molar-refractivity contribution in [3.05, 3.63) is 0 Å². The minimum absolute atomic E-state index is 0.0811. The Bertz CT molecular complexity index is 138. The second-order valence-corrected chi connectivity index (χ2v) is 4.34. The van der Waals surface area contributed by atoms with Gasteiger partial charge in [-0.25, -0.2) is 0 Å². The molecule has 0 aromatic carbocycles. The van der Waals surface area contributed by atoms with Crippen LogP contribution in [0.1, 0.15) is 26.2 Å². The van der Waals surface area contributed by atoms with E-state index in [1.54, 1.807) is 7.11 Å². The quantitative estimate of drug-likeness (QED) is 0.661. The Labute approximate surface area is 81.2 Å². The number of likely N-dealkylation sites (tertiary alicyclic amines) is 1. The molecule has 0 atom stereocenters. The molecule has 2 N–H and O–H groups in total. The van der Waals surface area contributed by atoms with Crippen molar-refractivity contribution in [3.63, 3.8) is 0 Å². The second kappa shape index (κ2) is 4.94. The highest BCUT2D eigenvalue weighted by Crippen LogP contribution is 2.18. The maximum absolute atomic E-state index is 6.04. The van der Waals surface area contributed by atoms with Crippen molar-refractivity contribution in [2.45, 2.75) is 31.7 Å². The number of ether oxygens (including phenoxy) is 1. The fourth-order valence-corrected chi connectivity index (χ4v) is 1.72. The van der Waals surface area contributed by atoms with E-state index in [1.165, 1.54) is 0 Å². The summed E-state index contributed by atoms with van der Waals surface area (Å²) in [5.41, 5.74) is 6.12. The van der Waals surface area contributed by atoms with Crippen LogP contribution in [0.5, 0.6) is 0 Å². The van der Waals surface area contributed by atoms with Crippen LogP contribution >= 0.6 is 0 Å². The van der Waals surface area contributed by atoms with Gasteiger partial charge in [-0.15, -0.1) is 0 Å². The van der Waals surface area contributed by atoms with E-state index < -0.39 is 0 Å². The van der Waals surface area contributed by atoms with Crippen molar-refractivity contribution in [2.75, 3.05) is 33.4 Å². The molecule has 3 nitrogen and oxygen atoms in total. The average Bonchev–Trinajstić information content (AvgIpc) is 2.08. The van der Waals surface area contributed by atoms with Gasteiger partial charge in [0.25, 0.3) is 0 Å². The Morgan fingerprint density at radius 1 is 1.38 bits per heavy atom. The van der Waals surface area contributed by atoms with Crippen molar-refractivity contribution >= 4 is 0 Å². The molecule has 0 bridgehead atoms. The van der Waals surface area contributed by atoms with Crippen LogP contribution in [0.2, 0.25) is 0 Å². The Kier molecular flexibility index (Phi) is 4.16. The van der Waals surface area contributed by atoms with E-state index in [1.807, 2.05) is 0 Å². The van der Waals surface area contributed by atoms with Crippen LogP contribution in [0.3, 0.4) is 0 Å². The van der Waals surface area contributed by atoms with Crippen molar-refractivity contribution in [2.24, 2.45) is 5.73 Å². The highest BCUT2D eigenvalue weighted by Gasteiger charge is 2.25. The summed E-state index contributed by atoms with van der Waals surface area (Å²) in [4.78, 5) is 2.48. The van der Waals surface area contributed by atoms with Gasteiger partial charge in [-0.2, -0.15) is 0 Å². The number of hydrogen-bond donors (Lipinski definition) is 1. The van der Waals surface area contributed by atoms with E-state index in [-0.39, 0.29) is 5.54 Å². The first-order valence-corrected chi connectivity index (χ1v) is 5.14. The third-order valence-electron chi connectivity index (χ3n) is 2.82. The SMILES string of the molecule is COCCCN1CCC(C)(N)CC1. The maximum atomic E-state index is 6.04. The lowest BCUT2D eigenvalue weighted by Gasteiger charge is -2.36. The molecule has 0 spiro atoms. The van der Waals surface area contributed by atoms with Crippen molar-refractivity contribution < 1.29 is 4.74 Å². The molecule has 0 aliphatic carbocycles. The molecule has 1 aliphatic rings. The van der Waals surface area contributed by atoms with Gasteiger partial charge in [-0.1, -0.05) is 0 Å². The molecule has 1 rings (SSSR count). The van der Waals surface area contributed by atoms with Crippen LogP contribution in [-0.2, 0) is 4.74 Å². The highest BCUT2D eigenvalue weighted by molar-refractivity contribution is 4.85. The first-order chi connectivity index (χ1) is 6.14. The van der Waals surface area contributed by atoms with Crippen LogP contribution in [0, 0.1) is 0 Å². The summed E-state index contributed by atoms with van der Waals surface area (Å²) >= 11 is 0. The number of nitrogens with two attached hydrogens (primary N) is 1. The molecule has 1 heterocycles. The van der Waals surface area contributed by atoms with E-state index in [2.05, 4.69) is 11.8 Å². The van der Waals surface area contributed by atoms with Gasteiger partial charge in [0, 0.05) is 25.8 Å². The predicted molar refractivity (Wildman–Crippen MR) is 54.8 cm³/mol. The topological polar surface area (TPSA) is 38.5 Å². The van der Waals surface area contributed by atoms with E-state index in [4.69, 9.17) is 10.5 Å². The van der Waals surface area contributed by atoms with Crippen molar-refractivity contribution in [3.8, 4) is 0 Å². The largest absolute Gasteiger partial charge is 0.385 e. The third kappa shape index (κ3) is 4.07. The van der Waals surface area contributed by atoms with Crippen LogP contribution in [0.15, 0.2) is 0 Å². The molecule has 78 valence electrons. The molecule has 13 heavy (non-hydrogen) atoms. The van der Waals surface area contributed by atoms with Gasteiger partial charge < -0.3 is 15.4 Å². The molecular weight excluding hydrogens is 164 g/mol. The molecule has 3 heteroatoms. The molecule has 0 radical (unpaired) electrons. The fraction of sp³-hybridized carbons (Fsp3) is 1.00. The smallest absolute Gasteiger partial charge is 0.0474 e. The van der Waals surface area contributed by atoms with Gasteiger partial charge in [0.05, 0.1) is 0 Å². The van der Waals surface area contributed by atoms with Gasteiger partial charge in [0.2, 0.25) is 0 Å². The van der Waals surface area contributed by atoms with E-state index in [0.29, 0.717) is 0 Å². The van der Waals surface area contributed by atoms with Gasteiger partial charge in [0.15, 0.2) is 0 Å². The Balaban J connectivity index is 2.11. The lowest BCUT2D eigenvalue weighted by molar-refractivity contribution is 0.141. The van der Waals surface area contributed by atoms with Gasteiger partial charge >= 0.3 is 0 Å². The van der Waals surface area contributed by atoms with Crippen LogP contribution in [0.25, 0.3) is 0 Å². The molecule has 0 aromatic rings. The first-order valence-electron chi connectivity index (χ1n) is 5.14. The summed E-state index contributed by atoms with van der Waals surface area (Å²) in [6.07, 6.45) is 3.39. The predicted octanol–water partition coefficient (Wildman–Crippen LogP) is 0.836. The zero-order valence-electron chi connectivity index (χ0n) is 8.88. The number of piperidine rings is 1. The van der Waals surface area contributed by atoms with Gasteiger partial charge in [-0.3, -0.25) is 0 Å². The lowest BCUT2D eigenvalue weighted by atomic mass is 9.91. The minimum Gasteiger partial charge on any atom is -0.385 e. The summed E-state index contributed by atoms with van der Waals surface area (Å²) in [5, 5.41) is 0. The van der Waals surface area contributed by atoms with Crippen LogP contribution in [-0.4, -0.2) is 43.8 Å². The maximum Gasteiger partial charge on any atom is 0.0474 e.